The lowest BCUT2D eigenvalue weighted by Gasteiger charge is -2.16. The van der Waals surface area contributed by atoms with Gasteiger partial charge in [0.05, 0.1) is 12.6 Å². The van der Waals surface area contributed by atoms with E-state index in [-0.39, 0.29) is 0 Å². The molecule has 0 fully saturated rings. The van der Waals surface area contributed by atoms with Gasteiger partial charge < -0.3 is 15.0 Å². The molecule has 3 aromatic carbocycles. The van der Waals surface area contributed by atoms with Crippen LogP contribution in [0.3, 0.4) is 0 Å². The van der Waals surface area contributed by atoms with Crippen LogP contribution in [-0.4, -0.2) is 22.3 Å². The average molecular weight is 488 g/mol. The quantitative estimate of drug-likeness (QED) is 0.356. The predicted octanol–water partition coefficient (Wildman–Crippen LogP) is 6.10. The number of rotatable bonds is 5. The summed E-state index contributed by atoms with van der Waals surface area (Å²) < 4.78 is 4.37. The van der Waals surface area contributed by atoms with E-state index in [2.05, 4.69) is 79.0 Å². The first kappa shape index (κ1) is 18.5. The predicted molar refractivity (Wildman–Crippen MR) is 121 cm³/mol. The van der Waals surface area contributed by atoms with Gasteiger partial charge in [-0.15, -0.1) is 0 Å². The highest BCUT2D eigenvalue weighted by Gasteiger charge is 2.16. The number of para-hydroxylation sites is 1. The topological polar surface area (TPSA) is 37.2 Å². The van der Waals surface area contributed by atoms with Crippen molar-refractivity contribution in [2.24, 2.45) is 0 Å². The summed E-state index contributed by atoms with van der Waals surface area (Å²) in [4.78, 5) is 0. The number of nitrogens with one attached hydrogen (secondary N) is 1. The molecule has 4 aromatic rings. The van der Waals surface area contributed by atoms with Crippen LogP contribution in [0.4, 0.5) is 5.69 Å². The van der Waals surface area contributed by atoms with Crippen LogP contribution in [0.1, 0.15) is 5.56 Å². The SMILES string of the molecule is Cc1c(Br)ccc2c1c1cc(Br)ccc1n2CC(O)CNc1ccccc1. The molecular weight excluding hydrogens is 468 g/mol. The van der Waals surface area contributed by atoms with E-state index in [9.17, 15) is 5.11 Å². The number of aliphatic hydroxyl groups excluding tert-OH is 1. The van der Waals surface area contributed by atoms with E-state index >= 15 is 0 Å². The van der Waals surface area contributed by atoms with Crippen molar-refractivity contribution in [3.05, 3.63) is 75.2 Å². The van der Waals surface area contributed by atoms with Gasteiger partial charge in [0.2, 0.25) is 0 Å². The standard InChI is InChI=1S/C22H20Br2N2O/c1-14-19(24)8-10-21-22(14)18-11-15(23)7-9-20(18)26(21)13-17(27)12-25-16-5-3-2-4-6-16/h2-11,17,25,27H,12-13H2,1H3. The second-order valence-corrected chi connectivity index (χ2v) is 8.51. The van der Waals surface area contributed by atoms with Gasteiger partial charge in [0.25, 0.3) is 0 Å². The molecule has 138 valence electrons. The van der Waals surface area contributed by atoms with Crippen LogP contribution < -0.4 is 5.32 Å². The number of hydrogen-bond donors (Lipinski definition) is 2. The van der Waals surface area contributed by atoms with Gasteiger partial charge in [-0.2, -0.15) is 0 Å². The van der Waals surface area contributed by atoms with Gasteiger partial charge >= 0.3 is 0 Å². The maximum absolute atomic E-state index is 10.7. The number of nitrogens with zero attached hydrogens (tertiary/aromatic N) is 1. The summed E-state index contributed by atoms with van der Waals surface area (Å²) in [5.41, 5.74) is 4.50. The van der Waals surface area contributed by atoms with E-state index in [0.717, 1.165) is 25.7 Å². The number of hydrogen-bond acceptors (Lipinski definition) is 2. The van der Waals surface area contributed by atoms with Gasteiger partial charge in [-0.25, -0.2) is 0 Å². The number of benzene rings is 3. The Labute approximate surface area is 175 Å². The molecule has 0 bridgehead atoms. The smallest absolute Gasteiger partial charge is 0.0891 e. The summed E-state index contributed by atoms with van der Waals surface area (Å²) in [6.45, 7) is 3.16. The van der Waals surface area contributed by atoms with Crippen molar-refractivity contribution in [2.75, 3.05) is 11.9 Å². The Bertz CT molecular complexity index is 1110. The maximum atomic E-state index is 10.7. The van der Waals surface area contributed by atoms with E-state index in [1.54, 1.807) is 0 Å². The zero-order chi connectivity index (χ0) is 19.0. The van der Waals surface area contributed by atoms with E-state index in [1.807, 2.05) is 30.3 Å². The summed E-state index contributed by atoms with van der Waals surface area (Å²) >= 11 is 7.24. The highest BCUT2D eigenvalue weighted by molar-refractivity contribution is 9.10. The van der Waals surface area contributed by atoms with E-state index in [1.165, 1.54) is 16.3 Å². The number of aliphatic hydroxyl groups is 1. The Kier molecular flexibility index (Phi) is 5.26. The molecule has 0 aliphatic rings. The highest BCUT2D eigenvalue weighted by Crippen LogP contribution is 2.36. The maximum Gasteiger partial charge on any atom is 0.0891 e. The summed E-state index contributed by atoms with van der Waals surface area (Å²) in [6.07, 6.45) is -0.503. The van der Waals surface area contributed by atoms with Crippen molar-refractivity contribution in [2.45, 2.75) is 19.6 Å². The molecule has 1 heterocycles. The van der Waals surface area contributed by atoms with Gasteiger partial charge in [0.15, 0.2) is 0 Å². The lowest BCUT2D eigenvalue weighted by molar-refractivity contribution is 0.169. The van der Waals surface area contributed by atoms with E-state index in [4.69, 9.17) is 0 Å². The van der Waals surface area contributed by atoms with Gasteiger partial charge in [-0.05, 0) is 55.0 Å². The lowest BCUT2D eigenvalue weighted by atomic mass is 10.1. The molecule has 0 saturated heterocycles. The van der Waals surface area contributed by atoms with Crippen LogP contribution in [0.5, 0.6) is 0 Å². The van der Waals surface area contributed by atoms with Gasteiger partial charge in [-0.3, -0.25) is 0 Å². The first-order valence-corrected chi connectivity index (χ1v) is 10.5. The Morgan fingerprint density at radius 3 is 2.52 bits per heavy atom. The fraction of sp³-hybridized carbons (Fsp3) is 0.182. The van der Waals surface area contributed by atoms with Crippen molar-refractivity contribution < 1.29 is 5.11 Å². The number of fused-ring (bicyclic) bond motifs is 3. The minimum atomic E-state index is -0.503. The zero-order valence-corrected chi connectivity index (χ0v) is 18.1. The van der Waals surface area contributed by atoms with Crippen LogP contribution in [0.15, 0.2) is 69.6 Å². The Balaban J connectivity index is 1.71. The fourth-order valence-electron chi connectivity index (χ4n) is 3.57. The molecule has 0 radical (unpaired) electrons. The molecule has 0 amide bonds. The second kappa shape index (κ2) is 7.66. The summed E-state index contributed by atoms with van der Waals surface area (Å²) in [7, 11) is 0. The van der Waals surface area contributed by atoms with Crippen molar-refractivity contribution in [3.63, 3.8) is 0 Å². The Morgan fingerprint density at radius 2 is 1.74 bits per heavy atom. The van der Waals surface area contributed by atoms with Crippen LogP contribution >= 0.6 is 31.9 Å². The molecule has 3 nitrogen and oxygen atoms in total. The molecule has 4 rings (SSSR count). The zero-order valence-electron chi connectivity index (χ0n) is 14.9. The number of aromatic nitrogens is 1. The molecule has 5 heteroatoms. The highest BCUT2D eigenvalue weighted by atomic mass is 79.9. The van der Waals surface area contributed by atoms with Crippen LogP contribution in [0, 0.1) is 6.92 Å². The third-order valence-corrected chi connectivity index (χ3v) is 6.25. The molecule has 1 aromatic heterocycles. The second-order valence-electron chi connectivity index (χ2n) is 6.74. The molecular formula is C22H20Br2N2O. The normalized spacial score (nSPS) is 12.6. The minimum Gasteiger partial charge on any atom is -0.389 e. The first-order valence-electron chi connectivity index (χ1n) is 8.88. The van der Waals surface area contributed by atoms with Crippen molar-refractivity contribution >= 4 is 59.4 Å². The Morgan fingerprint density at radius 1 is 1.00 bits per heavy atom. The Hall–Kier alpha value is -1.82. The number of halogens is 2. The summed E-state index contributed by atoms with van der Waals surface area (Å²) in [6, 6.07) is 20.5. The summed E-state index contributed by atoms with van der Waals surface area (Å²) in [5.74, 6) is 0. The third kappa shape index (κ3) is 3.64. The van der Waals surface area contributed by atoms with Gasteiger partial charge in [0.1, 0.15) is 0 Å². The van der Waals surface area contributed by atoms with Gasteiger partial charge in [0, 0.05) is 43.0 Å². The van der Waals surface area contributed by atoms with Crippen LogP contribution in [0.2, 0.25) is 0 Å². The van der Waals surface area contributed by atoms with Crippen molar-refractivity contribution in [1.82, 2.24) is 4.57 Å². The molecule has 0 saturated carbocycles. The third-order valence-electron chi connectivity index (χ3n) is 4.90. The fourth-order valence-corrected chi connectivity index (χ4v) is 4.27. The van der Waals surface area contributed by atoms with Gasteiger partial charge in [-0.1, -0.05) is 50.1 Å². The van der Waals surface area contributed by atoms with Crippen molar-refractivity contribution in [3.8, 4) is 0 Å². The van der Waals surface area contributed by atoms with E-state index < -0.39 is 6.10 Å². The van der Waals surface area contributed by atoms with Crippen molar-refractivity contribution in [1.29, 1.82) is 0 Å². The summed E-state index contributed by atoms with van der Waals surface area (Å²) in [5, 5.41) is 16.4. The molecule has 27 heavy (non-hydrogen) atoms. The molecule has 0 spiro atoms. The number of anilines is 1. The largest absolute Gasteiger partial charge is 0.389 e. The number of aryl methyl sites for hydroxylation is 1. The van der Waals surface area contributed by atoms with Crippen LogP contribution in [-0.2, 0) is 6.54 Å². The molecule has 1 unspecified atom stereocenters. The monoisotopic (exact) mass is 486 g/mol. The average Bonchev–Trinajstić information content (AvgIpc) is 2.97. The minimum absolute atomic E-state index is 0.497. The van der Waals surface area contributed by atoms with E-state index in [0.29, 0.717) is 13.1 Å². The molecule has 0 aliphatic carbocycles. The van der Waals surface area contributed by atoms with Crippen LogP contribution in [0.25, 0.3) is 21.8 Å². The molecule has 1 atom stereocenters. The lowest BCUT2D eigenvalue weighted by Crippen LogP contribution is -2.24. The molecule has 0 aliphatic heterocycles. The first-order chi connectivity index (χ1) is 13.0. The molecule has 2 N–H and O–H groups in total.